The van der Waals surface area contributed by atoms with Crippen molar-refractivity contribution in [2.24, 2.45) is 0 Å². The molecule has 2 aromatic rings. The molecule has 0 amide bonds. The molecule has 0 aliphatic heterocycles. The van der Waals surface area contributed by atoms with Crippen molar-refractivity contribution in [3.63, 3.8) is 0 Å². The lowest BCUT2D eigenvalue weighted by molar-refractivity contribution is 0.139. The summed E-state index contributed by atoms with van der Waals surface area (Å²) < 4.78 is 14.6. The van der Waals surface area contributed by atoms with E-state index < -0.39 is 6.10 Å². The average molecular weight is 448 g/mol. The van der Waals surface area contributed by atoms with Gasteiger partial charge in [-0.1, -0.05) is 23.7 Å². The molecule has 0 aliphatic carbocycles. The number of hydrogen-bond acceptors (Lipinski definition) is 2. The Kier molecular flexibility index (Phi) is 7.27. The van der Waals surface area contributed by atoms with E-state index in [9.17, 15) is 9.50 Å². The van der Waals surface area contributed by atoms with Crippen LogP contribution in [0.3, 0.4) is 0 Å². The van der Waals surface area contributed by atoms with Gasteiger partial charge in [0, 0.05) is 21.2 Å². The summed E-state index contributed by atoms with van der Waals surface area (Å²) in [4.78, 5) is 0. The Labute approximate surface area is 155 Å². The zero-order valence-electron chi connectivity index (χ0n) is 12.9. The number of halogens is 3. The van der Waals surface area contributed by atoms with Gasteiger partial charge in [0.15, 0.2) is 0 Å². The van der Waals surface area contributed by atoms with Gasteiger partial charge < -0.3 is 10.4 Å². The van der Waals surface area contributed by atoms with E-state index in [4.69, 9.17) is 11.6 Å². The number of aryl methyl sites for hydroxylation is 1. The first kappa shape index (κ1) is 18.6. The molecule has 0 aromatic heterocycles. The number of benzene rings is 2. The fourth-order valence-electron chi connectivity index (χ4n) is 2.49. The molecule has 1 unspecified atom stereocenters. The molecule has 2 rings (SSSR count). The predicted octanol–water partition coefficient (Wildman–Crippen LogP) is 4.56. The van der Waals surface area contributed by atoms with Crippen LogP contribution in [-0.4, -0.2) is 17.3 Å². The first-order chi connectivity index (χ1) is 10.9. The highest BCUT2D eigenvalue weighted by molar-refractivity contribution is 14.1. The summed E-state index contributed by atoms with van der Waals surface area (Å²) in [5.74, 6) is -0.326. The number of rotatable bonds is 7. The van der Waals surface area contributed by atoms with E-state index in [2.05, 4.69) is 40.0 Å². The maximum absolute atomic E-state index is 13.4. The minimum absolute atomic E-state index is 0.0603. The van der Waals surface area contributed by atoms with Crippen LogP contribution in [0.25, 0.3) is 0 Å². The lowest BCUT2D eigenvalue weighted by Gasteiger charge is -2.22. The minimum Gasteiger partial charge on any atom is -0.392 e. The molecule has 2 atom stereocenters. The molecule has 0 bridgehead atoms. The second-order valence-electron chi connectivity index (χ2n) is 5.67. The highest BCUT2D eigenvalue weighted by atomic mass is 127. The fourth-order valence-corrected chi connectivity index (χ4v) is 3.34. The molecule has 2 N–H and O–H groups in total. The maximum atomic E-state index is 13.4. The zero-order valence-corrected chi connectivity index (χ0v) is 15.8. The average Bonchev–Trinajstić information content (AvgIpc) is 2.46. The topological polar surface area (TPSA) is 32.3 Å². The first-order valence-electron chi connectivity index (χ1n) is 7.55. The first-order valence-corrected chi connectivity index (χ1v) is 9.00. The minimum atomic E-state index is -0.484. The van der Waals surface area contributed by atoms with Crippen LogP contribution < -0.4 is 5.32 Å². The molecule has 0 heterocycles. The van der Waals surface area contributed by atoms with Gasteiger partial charge in [-0.3, -0.25) is 0 Å². The van der Waals surface area contributed by atoms with Gasteiger partial charge in [0.2, 0.25) is 0 Å². The summed E-state index contributed by atoms with van der Waals surface area (Å²) in [6.07, 6.45) is 0.884. The Hall–Kier alpha value is -0.690. The number of nitrogens with one attached hydrogen (secondary N) is 1. The SMILES string of the molecule is C[C@@H](O)C(CCc1cc(F)cc(Cl)c1)NCc1cccc(I)c1. The van der Waals surface area contributed by atoms with Crippen LogP contribution in [0.1, 0.15) is 24.5 Å². The van der Waals surface area contributed by atoms with Crippen molar-refractivity contribution in [2.75, 3.05) is 0 Å². The van der Waals surface area contributed by atoms with Gasteiger partial charge in [0.25, 0.3) is 0 Å². The summed E-state index contributed by atoms with van der Waals surface area (Å²) in [5.41, 5.74) is 2.02. The van der Waals surface area contributed by atoms with Gasteiger partial charge in [-0.2, -0.15) is 0 Å². The van der Waals surface area contributed by atoms with E-state index in [0.717, 1.165) is 5.56 Å². The third-order valence-corrected chi connectivity index (χ3v) is 4.60. The molecule has 23 heavy (non-hydrogen) atoms. The van der Waals surface area contributed by atoms with E-state index in [1.54, 1.807) is 13.0 Å². The number of hydrogen-bond donors (Lipinski definition) is 2. The van der Waals surface area contributed by atoms with Crippen molar-refractivity contribution in [2.45, 2.75) is 38.5 Å². The zero-order chi connectivity index (χ0) is 16.8. The van der Waals surface area contributed by atoms with Crippen LogP contribution >= 0.6 is 34.2 Å². The monoisotopic (exact) mass is 447 g/mol. The smallest absolute Gasteiger partial charge is 0.124 e. The predicted molar refractivity (Wildman–Crippen MR) is 101 cm³/mol. The molecule has 0 saturated carbocycles. The number of aliphatic hydroxyl groups is 1. The van der Waals surface area contributed by atoms with Crippen molar-refractivity contribution in [1.82, 2.24) is 5.32 Å². The van der Waals surface area contributed by atoms with E-state index in [-0.39, 0.29) is 11.9 Å². The quantitative estimate of drug-likeness (QED) is 0.610. The molecular formula is C18H20ClFINO. The van der Waals surface area contributed by atoms with Crippen molar-refractivity contribution >= 4 is 34.2 Å². The largest absolute Gasteiger partial charge is 0.392 e. The van der Waals surface area contributed by atoms with Gasteiger partial charge in [-0.25, -0.2) is 4.39 Å². The number of aliphatic hydroxyl groups excluding tert-OH is 1. The van der Waals surface area contributed by atoms with Crippen LogP contribution in [0.2, 0.25) is 5.02 Å². The molecule has 0 fully saturated rings. The lowest BCUT2D eigenvalue weighted by Crippen LogP contribution is -2.38. The summed E-state index contributed by atoms with van der Waals surface area (Å²) in [5, 5.41) is 13.8. The fraction of sp³-hybridized carbons (Fsp3) is 0.333. The summed E-state index contributed by atoms with van der Waals surface area (Å²) in [7, 11) is 0. The van der Waals surface area contributed by atoms with Crippen LogP contribution in [0.5, 0.6) is 0 Å². The van der Waals surface area contributed by atoms with Crippen LogP contribution in [0.4, 0.5) is 4.39 Å². The maximum Gasteiger partial charge on any atom is 0.124 e. The van der Waals surface area contributed by atoms with Crippen LogP contribution in [-0.2, 0) is 13.0 Å². The Morgan fingerprint density at radius 2 is 2.00 bits per heavy atom. The highest BCUT2D eigenvalue weighted by Crippen LogP contribution is 2.17. The second-order valence-corrected chi connectivity index (χ2v) is 7.36. The summed E-state index contributed by atoms with van der Waals surface area (Å²) in [6, 6.07) is 12.7. The third kappa shape index (κ3) is 6.37. The van der Waals surface area contributed by atoms with Crippen molar-refractivity contribution in [1.29, 1.82) is 0 Å². The Morgan fingerprint density at radius 3 is 2.65 bits per heavy atom. The van der Waals surface area contributed by atoms with Crippen LogP contribution in [0, 0.1) is 9.39 Å². The normalized spacial score (nSPS) is 13.8. The second kappa shape index (κ2) is 8.97. The molecule has 0 radical (unpaired) electrons. The van der Waals surface area contributed by atoms with E-state index in [1.807, 2.05) is 12.1 Å². The highest BCUT2D eigenvalue weighted by Gasteiger charge is 2.15. The molecule has 2 aromatic carbocycles. The van der Waals surface area contributed by atoms with Gasteiger partial charge in [0.05, 0.1) is 6.10 Å². The van der Waals surface area contributed by atoms with Crippen LogP contribution in [0.15, 0.2) is 42.5 Å². The molecular weight excluding hydrogens is 428 g/mol. The Morgan fingerprint density at radius 1 is 1.22 bits per heavy atom. The third-order valence-electron chi connectivity index (χ3n) is 3.71. The molecule has 2 nitrogen and oxygen atoms in total. The van der Waals surface area contributed by atoms with Gasteiger partial charge in [-0.05, 0) is 83.8 Å². The standard InChI is InChI=1S/C18H20ClFINO/c1-12(23)18(22-11-14-3-2-4-17(21)9-14)6-5-13-7-15(19)10-16(20)8-13/h2-4,7-10,12,18,22-23H,5-6,11H2,1H3/t12-,18?/m1/s1. The molecule has 0 spiro atoms. The van der Waals surface area contributed by atoms with Crippen molar-refractivity contribution < 1.29 is 9.50 Å². The molecule has 0 saturated heterocycles. The summed E-state index contributed by atoms with van der Waals surface area (Å²) >= 11 is 8.16. The molecule has 124 valence electrons. The lowest BCUT2D eigenvalue weighted by atomic mass is 10.0. The Balaban J connectivity index is 1.93. The van der Waals surface area contributed by atoms with Crippen molar-refractivity contribution in [3.05, 3.63) is 68.0 Å². The van der Waals surface area contributed by atoms with Crippen molar-refractivity contribution in [3.8, 4) is 0 Å². The molecule has 5 heteroatoms. The van der Waals surface area contributed by atoms with Gasteiger partial charge >= 0.3 is 0 Å². The van der Waals surface area contributed by atoms with E-state index in [1.165, 1.54) is 21.3 Å². The molecule has 0 aliphatic rings. The van der Waals surface area contributed by atoms with Gasteiger partial charge in [-0.15, -0.1) is 0 Å². The van der Waals surface area contributed by atoms with E-state index >= 15 is 0 Å². The summed E-state index contributed by atoms with van der Waals surface area (Å²) in [6.45, 7) is 2.46. The van der Waals surface area contributed by atoms with Gasteiger partial charge in [0.1, 0.15) is 5.82 Å². The van der Waals surface area contributed by atoms with E-state index in [0.29, 0.717) is 24.4 Å². The Bertz CT molecular complexity index is 630.